The Labute approximate surface area is 168 Å². The van der Waals surface area contributed by atoms with Crippen LogP contribution in [0.3, 0.4) is 0 Å². The van der Waals surface area contributed by atoms with Crippen LogP contribution >= 0.6 is 0 Å². The first kappa shape index (κ1) is 18.7. The maximum atomic E-state index is 11.0. The number of para-hydroxylation sites is 2. The standard InChI is InChI=1S/C24H21NO4/c1-2-19(28-20-13-11-18(12-14-20)24(26)27)15-16-7-9-17(10-8-16)23-25-21-5-3-4-6-22(21)29-23/h3-14,19H,2,15H2,1H3,(H,26,27). The SMILES string of the molecule is CCC(Cc1ccc(-c2nc3ccccc3o2)cc1)Oc1ccc(C(=O)O)cc1. The van der Waals surface area contributed by atoms with Crippen LogP contribution in [0.25, 0.3) is 22.6 Å². The summed E-state index contributed by atoms with van der Waals surface area (Å²) in [5.74, 6) is 0.340. The minimum Gasteiger partial charge on any atom is -0.490 e. The quantitative estimate of drug-likeness (QED) is 0.447. The molecule has 1 atom stereocenters. The van der Waals surface area contributed by atoms with Gasteiger partial charge in [0.25, 0.3) is 0 Å². The molecule has 0 amide bonds. The molecule has 1 unspecified atom stereocenters. The van der Waals surface area contributed by atoms with Gasteiger partial charge >= 0.3 is 5.97 Å². The summed E-state index contributed by atoms with van der Waals surface area (Å²) < 4.78 is 11.9. The van der Waals surface area contributed by atoms with E-state index in [-0.39, 0.29) is 11.7 Å². The van der Waals surface area contributed by atoms with Crippen molar-refractivity contribution in [1.29, 1.82) is 0 Å². The second-order valence-corrected chi connectivity index (χ2v) is 6.87. The number of aromatic carboxylic acids is 1. The highest BCUT2D eigenvalue weighted by Gasteiger charge is 2.12. The van der Waals surface area contributed by atoms with Gasteiger partial charge in [0.2, 0.25) is 5.89 Å². The molecule has 5 heteroatoms. The number of oxazole rings is 1. The van der Waals surface area contributed by atoms with Crippen molar-refractivity contribution in [3.63, 3.8) is 0 Å². The van der Waals surface area contributed by atoms with E-state index >= 15 is 0 Å². The molecule has 146 valence electrons. The monoisotopic (exact) mass is 387 g/mol. The Hall–Kier alpha value is -3.60. The number of benzene rings is 3. The number of aromatic nitrogens is 1. The largest absolute Gasteiger partial charge is 0.490 e. The van der Waals surface area contributed by atoms with Gasteiger partial charge in [0.05, 0.1) is 5.56 Å². The highest BCUT2D eigenvalue weighted by Crippen LogP contribution is 2.25. The first-order valence-electron chi connectivity index (χ1n) is 9.57. The van der Waals surface area contributed by atoms with Crippen molar-refractivity contribution in [2.24, 2.45) is 0 Å². The van der Waals surface area contributed by atoms with E-state index in [1.165, 1.54) is 0 Å². The average molecular weight is 387 g/mol. The molecule has 0 aliphatic rings. The minimum atomic E-state index is -0.942. The molecule has 0 spiro atoms. The number of carboxylic acid groups (broad SMARTS) is 1. The molecule has 1 heterocycles. The summed E-state index contributed by atoms with van der Waals surface area (Å²) in [6, 6.07) is 22.4. The van der Waals surface area contributed by atoms with Crippen molar-refractivity contribution in [2.45, 2.75) is 25.9 Å². The molecule has 3 aromatic carbocycles. The summed E-state index contributed by atoms with van der Waals surface area (Å²) in [4.78, 5) is 15.5. The van der Waals surface area contributed by atoms with E-state index in [0.717, 1.165) is 35.1 Å². The van der Waals surface area contributed by atoms with E-state index in [4.69, 9.17) is 14.3 Å². The van der Waals surface area contributed by atoms with E-state index < -0.39 is 5.97 Å². The molecule has 4 aromatic rings. The highest BCUT2D eigenvalue weighted by atomic mass is 16.5. The summed E-state index contributed by atoms with van der Waals surface area (Å²) >= 11 is 0. The minimum absolute atomic E-state index is 0.000791. The summed E-state index contributed by atoms with van der Waals surface area (Å²) in [6.45, 7) is 2.07. The molecule has 0 bridgehead atoms. The fourth-order valence-corrected chi connectivity index (χ4v) is 3.18. The van der Waals surface area contributed by atoms with Crippen LogP contribution in [0, 0.1) is 0 Å². The van der Waals surface area contributed by atoms with Crippen LogP contribution in [0.4, 0.5) is 0 Å². The number of fused-ring (bicyclic) bond motifs is 1. The fourth-order valence-electron chi connectivity index (χ4n) is 3.18. The van der Waals surface area contributed by atoms with Gasteiger partial charge in [-0.25, -0.2) is 9.78 Å². The van der Waals surface area contributed by atoms with Gasteiger partial charge in [0.15, 0.2) is 5.58 Å². The average Bonchev–Trinajstić information content (AvgIpc) is 3.18. The molecule has 0 saturated carbocycles. The second-order valence-electron chi connectivity index (χ2n) is 6.87. The predicted octanol–water partition coefficient (Wildman–Crippen LogP) is 5.59. The van der Waals surface area contributed by atoms with Gasteiger partial charge in [-0.15, -0.1) is 0 Å². The summed E-state index contributed by atoms with van der Waals surface area (Å²) in [6.07, 6.45) is 1.60. The lowest BCUT2D eigenvalue weighted by Gasteiger charge is -2.18. The summed E-state index contributed by atoms with van der Waals surface area (Å²) in [5.41, 5.74) is 3.96. The normalized spacial score (nSPS) is 12.0. The number of rotatable bonds is 7. The molecule has 0 saturated heterocycles. The Morgan fingerprint density at radius 2 is 1.76 bits per heavy atom. The van der Waals surface area contributed by atoms with Crippen molar-refractivity contribution in [3.8, 4) is 17.2 Å². The molecular weight excluding hydrogens is 366 g/mol. The van der Waals surface area contributed by atoms with Crippen molar-refractivity contribution >= 4 is 17.1 Å². The summed E-state index contributed by atoms with van der Waals surface area (Å²) in [5, 5.41) is 8.99. The number of hydrogen-bond donors (Lipinski definition) is 1. The van der Waals surface area contributed by atoms with Crippen LogP contribution in [0.1, 0.15) is 29.3 Å². The molecule has 0 fully saturated rings. The van der Waals surface area contributed by atoms with Crippen LogP contribution < -0.4 is 4.74 Å². The third-order valence-corrected chi connectivity index (χ3v) is 4.82. The van der Waals surface area contributed by atoms with E-state index in [0.29, 0.717) is 11.6 Å². The fraction of sp³-hybridized carbons (Fsp3) is 0.167. The molecule has 5 nitrogen and oxygen atoms in total. The van der Waals surface area contributed by atoms with E-state index in [2.05, 4.69) is 24.0 Å². The predicted molar refractivity (Wildman–Crippen MR) is 111 cm³/mol. The lowest BCUT2D eigenvalue weighted by molar-refractivity contribution is 0.0697. The first-order valence-corrected chi connectivity index (χ1v) is 9.57. The van der Waals surface area contributed by atoms with Gasteiger partial charge < -0.3 is 14.3 Å². The summed E-state index contributed by atoms with van der Waals surface area (Å²) in [7, 11) is 0. The van der Waals surface area contributed by atoms with E-state index in [9.17, 15) is 4.79 Å². The number of hydrogen-bond acceptors (Lipinski definition) is 4. The van der Waals surface area contributed by atoms with Gasteiger partial charge in [0.1, 0.15) is 17.4 Å². The third-order valence-electron chi connectivity index (χ3n) is 4.82. The number of carboxylic acids is 1. The number of nitrogens with zero attached hydrogens (tertiary/aromatic N) is 1. The molecule has 1 aromatic heterocycles. The molecule has 4 rings (SSSR count). The molecular formula is C24H21NO4. The van der Waals surface area contributed by atoms with Crippen molar-refractivity contribution < 1.29 is 19.1 Å². The first-order chi connectivity index (χ1) is 14.1. The Kier molecular flexibility index (Phi) is 5.29. The zero-order chi connectivity index (χ0) is 20.2. The lowest BCUT2D eigenvalue weighted by atomic mass is 10.0. The topological polar surface area (TPSA) is 72.6 Å². The molecule has 1 N–H and O–H groups in total. The molecule has 0 radical (unpaired) electrons. The van der Waals surface area contributed by atoms with Gasteiger partial charge in [-0.3, -0.25) is 0 Å². The maximum absolute atomic E-state index is 11.0. The Bertz CT molecular complexity index is 1080. The van der Waals surface area contributed by atoms with Crippen LogP contribution in [-0.4, -0.2) is 22.2 Å². The Morgan fingerprint density at radius 1 is 1.03 bits per heavy atom. The zero-order valence-electron chi connectivity index (χ0n) is 16.0. The number of ether oxygens (including phenoxy) is 1. The Morgan fingerprint density at radius 3 is 2.41 bits per heavy atom. The maximum Gasteiger partial charge on any atom is 0.335 e. The van der Waals surface area contributed by atoms with Crippen LogP contribution in [0.15, 0.2) is 77.2 Å². The van der Waals surface area contributed by atoms with Crippen LogP contribution in [0.5, 0.6) is 5.75 Å². The van der Waals surface area contributed by atoms with Gasteiger partial charge in [-0.05, 0) is 60.5 Å². The third kappa shape index (κ3) is 4.29. The highest BCUT2D eigenvalue weighted by molar-refractivity contribution is 5.87. The van der Waals surface area contributed by atoms with Gasteiger partial charge in [-0.1, -0.05) is 31.2 Å². The van der Waals surface area contributed by atoms with E-state index in [1.807, 2.05) is 36.4 Å². The molecule has 0 aliphatic carbocycles. The second kappa shape index (κ2) is 8.19. The number of carbonyl (C=O) groups is 1. The Balaban J connectivity index is 1.44. The molecule has 0 aliphatic heterocycles. The smallest absolute Gasteiger partial charge is 0.335 e. The van der Waals surface area contributed by atoms with Crippen LogP contribution in [-0.2, 0) is 6.42 Å². The molecule has 29 heavy (non-hydrogen) atoms. The lowest BCUT2D eigenvalue weighted by Crippen LogP contribution is -2.18. The van der Waals surface area contributed by atoms with Crippen molar-refractivity contribution in [1.82, 2.24) is 4.98 Å². The van der Waals surface area contributed by atoms with Crippen molar-refractivity contribution in [2.75, 3.05) is 0 Å². The van der Waals surface area contributed by atoms with Crippen molar-refractivity contribution in [3.05, 3.63) is 83.9 Å². The van der Waals surface area contributed by atoms with E-state index in [1.54, 1.807) is 24.3 Å². The van der Waals surface area contributed by atoms with Gasteiger partial charge in [0, 0.05) is 12.0 Å². The van der Waals surface area contributed by atoms with Gasteiger partial charge in [-0.2, -0.15) is 0 Å². The zero-order valence-corrected chi connectivity index (χ0v) is 16.0. The van der Waals surface area contributed by atoms with Crippen LogP contribution in [0.2, 0.25) is 0 Å².